The summed E-state index contributed by atoms with van der Waals surface area (Å²) < 4.78 is 0. The highest BCUT2D eigenvalue weighted by Gasteiger charge is 2.05. The summed E-state index contributed by atoms with van der Waals surface area (Å²) in [5, 5.41) is 8.97. The van der Waals surface area contributed by atoms with Gasteiger partial charge >= 0.3 is 0 Å². The zero-order valence-corrected chi connectivity index (χ0v) is 17.2. The summed E-state index contributed by atoms with van der Waals surface area (Å²) in [6.45, 7) is 2.79. The molecule has 0 aliphatic carbocycles. The second kappa shape index (κ2) is 11.2. The molecule has 0 fully saturated rings. The second-order valence-corrected chi connectivity index (χ2v) is 5.54. The smallest absolute Gasteiger partial charge is 0.243 e. The quantitative estimate of drug-likeness (QED) is 0.277. The lowest BCUT2D eigenvalue weighted by Gasteiger charge is -2.12. The number of rotatable bonds is 5. The van der Waals surface area contributed by atoms with Crippen LogP contribution < -0.4 is 16.0 Å². The predicted molar refractivity (Wildman–Crippen MR) is 118 cm³/mol. The molecule has 136 valence electrons. The van der Waals surface area contributed by atoms with Crippen LogP contribution in [-0.4, -0.2) is 25.5 Å². The fourth-order valence-corrected chi connectivity index (χ4v) is 2.28. The van der Waals surface area contributed by atoms with Crippen LogP contribution in [0.25, 0.3) is 0 Å². The van der Waals surface area contributed by atoms with Gasteiger partial charge in [0.05, 0.1) is 6.54 Å². The minimum atomic E-state index is -0.173. The third kappa shape index (κ3) is 7.15. The van der Waals surface area contributed by atoms with Gasteiger partial charge in [0.25, 0.3) is 0 Å². The van der Waals surface area contributed by atoms with Gasteiger partial charge in [-0.05, 0) is 30.7 Å². The number of aliphatic imine (C=N–C) groups is 1. The number of nitrogens with one attached hydrogen (secondary N) is 3. The average molecular weight is 462 g/mol. The Balaban J connectivity index is 0.00000338. The molecular weight excluding hydrogens is 439 g/mol. The third-order valence-electron chi connectivity index (χ3n) is 3.50. The lowest BCUT2D eigenvalue weighted by Crippen LogP contribution is -2.41. The van der Waals surface area contributed by atoms with Crippen LogP contribution in [0, 0.1) is 19.3 Å². The van der Waals surface area contributed by atoms with E-state index in [1.807, 2.05) is 18.2 Å². The summed E-state index contributed by atoms with van der Waals surface area (Å²) in [6, 6.07) is 15.4. The van der Waals surface area contributed by atoms with Crippen LogP contribution in [0.2, 0.25) is 0 Å². The number of carbonyl (C=O) groups excluding carboxylic acids is 1. The number of benzene rings is 2. The first-order chi connectivity index (χ1) is 12.1. The molecule has 26 heavy (non-hydrogen) atoms. The van der Waals surface area contributed by atoms with Crippen molar-refractivity contribution in [2.24, 2.45) is 4.99 Å². The van der Waals surface area contributed by atoms with Gasteiger partial charge in [0.1, 0.15) is 0 Å². The lowest BCUT2D eigenvalue weighted by atomic mass is 10.1. The van der Waals surface area contributed by atoms with Gasteiger partial charge in [-0.25, -0.2) is 0 Å². The Hall–Kier alpha value is -2.53. The molecular formula is C20H23IN4O. The van der Waals surface area contributed by atoms with E-state index in [0.29, 0.717) is 18.2 Å². The molecule has 0 aromatic heterocycles. The molecule has 0 heterocycles. The van der Waals surface area contributed by atoms with Crippen molar-refractivity contribution in [2.75, 3.05) is 18.9 Å². The SMILES string of the molecule is C#Cc1cccc(NC(=O)CNC(=NC)NCc2cccc(C)c2)c1.I. The van der Waals surface area contributed by atoms with Crippen molar-refractivity contribution in [1.29, 1.82) is 0 Å². The van der Waals surface area contributed by atoms with E-state index in [4.69, 9.17) is 6.42 Å². The molecule has 0 radical (unpaired) electrons. The molecule has 2 aromatic rings. The van der Waals surface area contributed by atoms with E-state index in [0.717, 1.165) is 11.1 Å². The van der Waals surface area contributed by atoms with Gasteiger partial charge in [-0.2, -0.15) is 0 Å². The van der Waals surface area contributed by atoms with Crippen molar-refractivity contribution in [3.05, 3.63) is 65.2 Å². The highest BCUT2D eigenvalue weighted by atomic mass is 127. The molecule has 6 heteroatoms. The molecule has 0 bridgehead atoms. The molecule has 0 unspecified atom stereocenters. The predicted octanol–water partition coefficient (Wildman–Crippen LogP) is 2.90. The Morgan fingerprint density at radius 1 is 1.15 bits per heavy atom. The van der Waals surface area contributed by atoms with E-state index in [1.54, 1.807) is 25.2 Å². The normalized spacial score (nSPS) is 10.3. The monoisotopic (exact) mass is 462 g/mol. The van der Waals surface area contributed by atoms with Gasteiger partial charge < -0.3 is 16.0 Å². The van der Waals surface area contributed by atoms with E-state index in [9.17, 15) is 4.79 Å². The first-order valence-corrected chi connectivity index (χ1v) is 7.97. The molecule has 0 atom stereocenters. The molecule has 0 saturated carbocycles. The minimum Gasteiger partial charge on any atom is -0.352 e. The third-order valence-corrected chi connectivity index (χ3v) is 3.50. The highest BCUT2D eigenvalue weighted by Crippen LogP contribution is 2.09. The maximum atomic E-state index is 12.0. The standard InChI is InChI=1S/C20H22N4O.HI/c1-4-16-8-6-10-18(12-16)24-19(25)14-23-20(21-3)22-13-17-9-5-7-15(2)11-17;/h1,5-12H,13-14H2,2-3H3,(H,24,25)(H2,21,22,23);1H. The van der Waals surface area contributed by atoms with Crippen molar-refractivity contribution in [1.82, 2.24) is 10.6 Å². The Kier molecular flexibility index (Phi) is 9.23. The van der Waals surface area contributed by atoms with E-state index >= 15 is 0 Å². The minimum absolute atomic E-state index is 0. The first kappa shape index (κ1) is 21.5. The summed E-state index contributed by atoms with van der Waals surface area (Å²) in [7, 11) is 1.67. The van der Waals surface area contributed by atoms with Crippen molar-refractivity contribution in [3.63, 3.8) is 0 Å². The van der Waals surface area contributed by atoms with Gasteiger partial charge in [0.2, 0.25) is 5.91 Å². The Morgan fingerprint density at radius 2 is 1.92 bits per heavy atom. The summed E-state index contributed by atoms with van der Waals surface area (Å²) in [4.78, 5) is 16.2. The average Bonchev–Trinajstić information content (AvgIpc) is 2.62. The number of halogens is 1. The zero-order chi connectivity index (χ0) is 18.1. The molecule has 2 rings (SSSR count). The number of hydrogen-bond donors (Lipinski definition) is 3. The Morgan fingerprint density at radius 3 is 2.62 bits per heavy atom. The van der Waals surface area contributed by atoms with Crippen LogP contribution in [0.4, 0.5) is 5.69 Å². The van der Waals surface area contributed by atoms with Crippen molar-refractivity contribution in [2.45, 2.75) is 13.5 Å². The summed E-state index contributed by atoms with van der Waals surface area (Å²) in [5.74, 6) is 2.93. The number of hydrogen-bond acceptors (Lipinski definition) is 2. The second-order valence-electron chi connectivity index (χ2n) is 5.54. The first-order valence-electron chi connectivity index (χ1n) is 7.97. The molecule has 0 spiro atoms. The lowest BCUT2D eigenvalue weighted by molar-refractivity contribution is -0.115. The maximum Gasteiger partial charge on any atom is 0.243 e. The van der Waals surface area contributed by atoms with Gasteiger partial charge in [-0.15, -0.1) is 30.4 Å². The number of guanidine groups is 1. The number of terminal acetylenes is 1. The summed E-state index contributed by atoms with van der Waals surface area (Å²) >= 11 is 0. The maximum absolute atomic E-state index is 12.0. The number of anilines is 1. The van der Waals surface area contributed by atoms with Crippen LogP contribution in [0.5, 0.6) is 0 Å². The number of carbonyl (C=O) groups is 1. The molecule has 5 nitrogen and oxygen atoms in total. The van der Waals surface area contributed by atoms with Crippen LogP contribution in [-0.2, 0) is 11.3 Å². The Bertz CT molecular complexity index is 811. The van der Waals surface area contributed by atoms with Crippen molar-refractivity contribution in [3.8, 4) is 12.3 Å². The van der Waals surface area contributed by atoms with E-state index in [-0.39, 0.29) is 36.4 Å². The van der Waals surface area contributed by atoms with E-state index < -0.39 is 0 Å². The number of nitrogens with zero attached hydrogens (tertiary/aromatic N) is 1. The Labute approximate surface area is 171 Å². The van der Waals surface area contributed by atoms with Gasteiger partial charge in [0, 0.05) is 24.8 Å². The van der Waals surface area contributed by atoms with Gasteiger partial charge in [-0.3, -0.25) is 9.79 Å². The van der Waals surface area contributed by atoms with Crippen LogP contribution in [0.3, 0.4) is 0 Å². The largest absolute Gasteiger partial charge is 0.352 e. The van der Waals surface area contributed by atoms with Crippen molar-refractivity contribution < 1.29 is 4.79 Å². The summed E-state index contributed by atoms with van der Waals surface area (Å²) in [5.41, 5.74) is 3.75. The molecule has 0 aliphatic rings. The fraction of sp³-hybridized carbons (Fsp3) is 0.200. The van der Waals surface area contributed by atoms with Crippen molar-refractivity contribution >= 4 is 41.5 Å². The summed E-state index contributed by atoms with van der Waals surface area (Å²) in [6.07, 6.45) is 5.36. The molecule has 3 N–H and O–H groups in total. The van der Waals surface area contributed by atoms with Gasteiger partial charge in [-0.1, -0.05) is 41.8 Å². The molecule has 2 aromatic carbocycles. The van der Waals surface area contributed by atoms with E-state index in [1.165, 1.54) is 5.56 Å². The highest BCUT2D eigenvalue weighted by molar-refractivity contribution is 14.0. The fourth-order valence-electron chi connectivity index (χ4n) is 2.28. The molecule has 0 aliphatic heterocycles. The number of aryl methyl sites for hydroxylation is 1. The molecule has 1 amide bonds. The molecule has 0 saturated heterocycles. The van der Waals surface area contributed by atoms with E-state index in [2.05, 4.69) is 45.9 Å². The number of amides is 1. The van der Waals surface area contributed by atoms with Crippen LogP contribution >= 0.6 is 24.0 Å². The zero-order valence-electron chi connectivity index (χ0n) is 14.9. The van der Waals surface area contributed by atoms with Crippen LogP contribution in [0.1, 0.15) is 16.7 Å². The van der Waals surface area contributed by atoms with Gasteiger partial charge in [0.15, 0.2) is 5.96 Å². The topological polar surface area (TPSA) is 65.5 Å². The van der Waals surface area contributed by atoms with Crippen LogP contribution in [0.15, 0.2) is 53.5 Å².